The molecule has 1 saturated heterocycles. The van der Waals surface area contributed by atoms with Crippen LogP contribution in [0.1, 0.15) is 70.6 Å². The van der Waals surface area contributed by atoms with E-state index in [0.717, 1.165) is 32.1 Å². The second kappa shape index (κ2) is 16.8. The Hall–Kier alpha value is -2.00. The molecule has 0 bridgehead atoms. The van der Waals surface area contributed by atoms with Crippen LogP contribution in [0.5, 0.6) is 0 Å². The Kier molecular flexibility index (Phi) is 13.2. The van der Waals surface area contributed by atoms with Gasteiger partial charge in [-0.3, -0.25) is 40.7 Å². The molecule has 0 spiro atoms. The number of primary amides is 1. The van der Waals surface area contributed by atoms with E-state index in [0.29, 0.717) is 25.7 Å². The summed E-state index contributed by atoms with van der Waals surface area (Å²) in [6.45, 7) is 0.416. The minimum atomic E-state index is -4.86. The van der Waals surface area contributed by atoms with Crippen LogP contribution >= 0.6 is 0 Å². The largest absolute Gasteiger partial charge is 0.463 e. The first-order valence-electron chi connectivity index (χ1n) is 17.0. The van der Waals surface area contributed by atoms with Crippen molar-refractivity contribution in [1.29, 1.82) is 0 Å². The van der Waals surface area contributed by atoms with Gasteiger partial charge < -0.3 is 20.7 Å². The molecule has 14 atom stereocenters. The molecule has 14 unspecified atom stereocenters. The van der Waals surface area contributed by atoms with E-state index in [9.17, 15) is 41.2 Å². The van der Waals surface area contributed by atoms with E-state index >= 15 is 0 Å². The van der Waals surface area contributed by atoms with Crippen LogP contribution in [0.3, 0.4) is 0 Å². The SMILES string of the molecule is NOS(=O)(=O)C1CCC(NC2NC(O)NC(NC3CCCCC3OC=O)N2)C2C(O)C(N=NC3CCCCC3C(N)=O)C(NS(=O)(=O)O)CC21. The van der Waals surface area contributed by atoms with Crippen LogP contribution in [0.15, 0.2) is 10.2 Å². The first kappa shape index (κ1) is 39.2. The highest BCUT2D eigenvalue weighted by Gasteiger charge is 2.56. The van der Waals surface area contributed by atoms with Crippen LogP contribution in [0, 0.1) is 17.8 Å². The number of nitrogens with zero attached hydrogens (tertiary/aromatic N) is 2. The number of ether oxygens (including phenoxy) is 1. The van der Waals surface area contributed by atoms with Crippen molar-refractivity contribution < 1.29 is 50.2 Å². The van der Waals surface area contributed by atoms with Crippen molar-refractivity contribution in [2.24, 2.45) is 39.6 Å². The summed E-state index contributed by atoms with van der Waals surface area (Å²) in [6.07, 6.45) is 1.17. The molecule has 23 heteroatoms. The smallest absolute Gasteiger partial charge is 0.333 e. The minimum absolute atomic E-state index is 0.0141. The molecule has 0 aromatic heterocycles. The van der Waals surface area contributed by atoms with E-state index < -0.39 is 98.5 Å². The Morgan fingerprint density at radius 1 is 0.860 bits per heavy atom. The molecule has 4 saturated carbocycles. The lowest BCUT2D eigenvalue weighted by molar-refractivity contribution is -0.137. The third kappa shape index (κ3) is 9.50. The zero-order valence-corrected chi connectivity index (χ0v) is 29.0. The molecule has 21 nitrogen and oxygen atoms in total. The summed E-state index contributed by atoms with van der Waals surface area (Å²) in [5, 5.41) is 45.8. The third-order valence-electron chi connectivity index (χ3n) is 10.8. The molecule has 1 aliphatic heterocycles. The third-order valence-corrected chi connectivity index (χ3v) is 13.0. The van der Waals surface area contributed by atoms with Gasteiger partial charge in [0.25, 0.3) is 16.6 Å². The minimum Gasteiger partial charge on any atom is -0.463 e. The zero-order chi connectivity index (χ0) is 36.2. The quantitative estimate of drug-likeness (QED) is 0.0379. The number of hydrogen-bond acceptors (Lipinski definition) is 18. The van der Waals surface area contributed by atoms with Gasteiger partial charge in [-0.2, -0.15) is 42.0 Å². The van der Waals surface area contributed by atoms with E-state index in [1.807, 2.05) is 0 Å². The number of azo groups is 1. The van der Waals surface area contributed by atoms with Gasteiger partial charge in [0.1, 0.15) is 24.7 Å². The van der Waals surface area contributed by atoms with Crippen molar-refractivity contribution >= 4 is 32.8 Å². The van der Waals surface area contributed by atoms with Gasteiger partial charge in [0.05, 0.1) is 29.4 Å². The molecule has 1 amide bonds. The summed E-state index contributed by atoms with van der Waals surface area (Å²) in [5.41, 5.74) is 5.60. The van der Waals surface area contributed by atoms with Crippen LogP contribution in [0.4, 0.5) is 0 Å². The van der Waals surface area contributed by atoms with Crippen molar-refractivity contribution in [1.82, 2.24) is 31.3 Å². The van der Waals surface area contributed by atoms with Crippen LogP contribution in [0.2, 0.25) is 0 Å². The first-order valence-corrected chi connectivity index (χ1v) is 19.9. The number of nitrogens with one attached hydrogen (secondary N) is 6. The topological polar surface area (TPSA) is 331 Å². The predicted octanol–water partition coefficient (Wildman–Crippen LogP) is -3.35. The Labute approximate surface area is 290 Å². The van der Waals surface area contributed by atoms with Gasteiger partial charge in [-0.05, 0) is 57.3 Å². The molecule has 5 aliphatic rings. The molecule has 5 rings (SSSR count). The van der Waals surface area contributed by atoms with Crippen LogP contribution in [-0.2, 0) is 39.0 Å². The average molecular weight is 755 g/mol. The molecular weight excluding hydrogens is 704 g/mol. The highest BCUT2D eigenvalue weighted by atomic mass is 32.2. The van der Waals surface area contributed by atoms with Gasteiger partial charge in [-0.1, -0.05) is 19.3 Å². The van der Waals surface area contributed by atoms with E-state index in [4.69, 9.17) is 16.4 Å². The average Bonchev–Trinajstić information content (AvgIpc) is 3.04. The molecule has 0 radical (unpaired) electrons. The van der Waals surface area contributed by atoms with Crippen LogP contribution < -0.4 is 42.9 Å². The Balaban J connectivity index is 1.40. The molecule has 13 N–H and O–H groups in total. The standard InChI is InChI=1S/C27H50N10O11S2/c28-24(40)13-5-1-2-6-15(13)35-36-22-18(37-50(44,45)46)11-14-20(49(42,43)48-29)10-9-17(21(14)23(22)39)31-26-32-25(33-27(41)34-26)30-16-7-3-4-8-19(16)47-12-38/h12-23,25-27,30-34,37,39,41H,1-11,29H2,(H2,28,40)(H,44,45,46). The summed E-state index contributed by atoms with van der Waals surface area (Å²) < 4.78 is 71.7. The fourth-order valence-electron chi connectivity index (χ4n) is 8.59. The lowest BCUT2D eigenvalue weighted by Gasteiger charge is -2.52. The number of aliphatic hydroxyl groups excluding tert-OH is 2. The molecule has 0 aromatic carbocycles. The van der Waals surface area contributed by atoms with Crippen LogP contribution in [0.25, 0.3) is 0 Å². The maximum Gasteiger partial charge on any atom is 0.333 e. The highest BCUT2D eigenvalue weighted by molar-refractivity contribution is 7.87. The number of rotatable bonds is 13. The van der Waals surface area contributed by atoms with Crippen molar-refractivity contribution in [3.63, 3.8) is 0 Å². The van der Waals surface area contributed by atoms with Gasteiger partial charge in [-0.15, -0.1) is 0 Å². The number of hydrogen-bond donors (Lipinski definition) is 11. The zero-order valence-electron chi connectivity index (χ0n) is 27.4. The summed E-state index contributed by atoms with van der Waals surface area (Å²) >= 11 is 0. The maximum absolute atomic E-state index is 13.0. The van der Waals surface area contributed by atoms with Crippen molar-refractivity contribution in [2.75, 3.05) is 0 Å². The highest BCUT2D eigenvalue weighted by Crippen LogP contribution is 2.45. The summed E-state index contributed by atoms with van der Waals surface area (Å²) in [6, 6.07) is -4.05. The lowest BCUT2D eigenvalue weighted by Crippen LogP contribution is -2.77. The molecule has 1 heterocycles. The Morgan fingerprint density at radius 2 is 1.52 bits per heavy atom. The van der Waals surface area contributed by atoms with Crippen LogP contribution in [-0.4, -0.2) is 111 Å². The normalized spacial score (nSPS) is 41.7. The van der Waals surface area contributed by atoms with Gasteiger partial charge >= 0.3 is 10.3 Å². The summed E-state index contributed by atoms with van der Waals surface area (Å²) in [4.78, 5) is 23.2. The van der Waals surface area contributed by atoms with Crippen molar-refractivity contribution in [3.05, 3.63) is 0 Å². The van der Waals surface area contributed by atoms with Gasteiger partial charge in [0.2, 0.25) is 5.91 Å². The van der Waals surface area contributed by atoms with Gasteiger partial charge in [0.15, 0.2) is 6.35 Å². The monoisotopic (exact) mass is 754 g/mol. The molecule has 5 fully saturated rings. The predicted molar refractivity (Wildman–Crippen MR) is 173 cm³/mol. The molecule has 286 valence electrons. The number of carbonyl (C=O) groups is 2. The Bertz CT molecular complexity index is 1430. The van der Waals surface area contributed by atoms with Gasteiger partial charge in [-0.25, -0.2) is 0 Å². The number of nitrogens with two attached hydrogens (primary N) is 2. The fraction of sp³-hybridized carbons (Fsp3) is 0.926. The lowest BCUT2D eigenvalue weighted by atomic mass is 9.64. The van der Waals surface area contributed by atoms with E-state index in [1.165, 1.54) is 0 Å². The van der Waals surface area contributed by atoms with Crippen molar-refractivity contribution in [2.45, 2.75) is 137 Å². The number of amides is 1. The fourth-order valence-corrected chi connectivity index (χ4v) is 10.5. The molecule has 4 aliphatic carbocycles. The number of aliphatic hydroxyl groups is 2. The van der Waals surface area contributed by atoms with Crippen molar-refractivity contribution in [3.8, 4) is 0 Å². The number of fused-ring (bicyclic) bond motifs is 1. The van der Waals surface area contributed by atoms with E-state index in [2.05, 4.69) is 45.8 Å². The Morgan fingerprint density at radius 3 is 2.18 bits per heavy atom. The number of carbonyl (C=O) groups excluding carboxylic acids is 2. The molecule has 50 heavy (non-hydrogen) atoms. The maximum atomic E-state index is 13.0. The molecular formula is C27H50N10O11S2. The first-order chi connectivity index (χ1) is 23.7. The van der Waals surface area contributed by atoms with E-state index in [1.54, 1.807) is 0 Å². The van der Waals surface area contributed by atoms with E-state index in [-0.39, 0.29) is 31.4 Å². The second-order valence-corrected chi connectivity index (χ2v) is 16.8. The summed E-state index contributed by atoms with van der Waals surface area (Å²) in [7, 11) is -9.24. The second-order valence-electron chi connectivity index (χ2n) is 13.8. The van der Waals surface area contributed by atoms with Gasteiger partial charge in [0, 0.05) is 18.0 Å². The molecule has 0 aromatic rings. The summed E-state index contributed by atoms with van der Waals surface area (Å²) in [5.74, 6) is 2.15.